The number of aliphatic hydroxyl groups is 1. The molecule has 3 aromatic rings. The van der Waals surface area contributed by atoms with Gasteiger partial charge in [-0.15, -0.1) is 0 Å². The first-order valence-electron chi connectivity index (χ1n) is 8.57. The van der Waals surface area contributed by atoms with Crippen molar-refractivity contribution in [2.75, 3.05) is 6.54 Å². The molecule has 2 heterocycles. The molecular weight excluding hydrogens is 364 g/mol. The molecule has 140 valence electrons. The molecule has 0 radical (unpaired) electrons. The van der Waals surface area contributed by atoms with Crippen molar-refractivity contribution >= 4 is 17.5 Å². The van der Waals surface area contributed by atoms with E-state index in [9.17, 15) is 9.90 Å². The summed E-state index contributed by atoms with van der Waals surface area (Å²) in [6, 6.07) is 12.9. The van der Waals surface area contributed by atoms with Crippen LogP contribution in [0.4, 0.5) is 0 Å². The van der Waals surface area contributed by atoms with Crippen molar-refractivity contribution in [2.24, 2.45) is 7.05 Å². The molecule has 6 nitrogen and oxygen atoms in total. The first-order valence-corrected chi connectivity index (χ1v) is 8.95. The molecule has 0 aliphatic carbocycles. The summed E-state index contributed by atoms with van der Waals surface area (Å²) in [5.41, 5.74) is 2.55. The Balaban J connectivity index is 1.89. The molecule has 2 aromatic heterocycles. The molecule has 0 aliphatic heterocycles. The fourth-order valence-corrected chi connectivity index (χ4v) is 3.03. The van der Waals surface area contributed by atoms with E-state index in [4.69, 9.17) is 11.6 Å². The highest BCUT2D eigenvalue weighted by molar-refractivity contribution is 6.34. The van der Waals surface area contributed by atoms with Crippen LogP contribution in [-0.4, -0.2) is 37.2 Å². The topological polar surface area (TPSA) is 71.2 Å². The summed E-state index contributed by atoms with van der Waals surface area (Å²) < 4.78 is 1.58. The second-order valence-corrected chi connectivity index (χ2v) is 6.72. The second kappa shape index (κ2) is 8.33. The van der Waals surface area contributed by atoms with E-state index in [1.54, 1.807) is 35.9 Å². The largest absolute Gasteiger partial charge is 0.387 e. The van der Waals surface area contributed by atoms with Crippen molar-refractivity contribution in [1.82, 2.24) is 19.7 Å². The average molecular weight is 385 g/mol. The van der Waals surface area contributed by atoms with Crippen LogP contribution in [0.1, 0.15) is 33.4 Å². The maximum Gasteiger partial charge on any atom is 0.276 e. The summed E-state index contributed by atoms with van der Waals surface area (Å²) in [7, 11) is 1.74. The summed E-state index contributed by atoms with van der Waals surface area (Å²) >= 11 is 6.31. The predicted molar refractivity (Wildman–Crippen MR) is 103 cm³/mol. The number of carbonyl (C=O) groups is 1. The van der Waals surface area contributed by atoms with Crippen LogP contribution in [0.2, 0.25) is 5.02 Å². The molecule has 0 saturated heterocycles. The fourth-order valence-electron chi connectivity index (χ4n) is 2.79. The zero-order chi connectivity index (χ0) is 19.4. The number of carbonyl (C=O) groups excluding carboxylic acids is 1. The predicted octanol–water partition coefficient (Wildman–Crippen LogP) is 3.15. The molecule has 1 atom stereocenters. The molecule has 1 N–H and O–H groups in total. The van der Waals surface area contributed by atoms with Gasteiger partial charge in [-0.3, -0.25) is 14.5 Å². The standard InChI is InChI=1S/C20H21ClN4O2/c1-14-18(21)19(23-24(14)2)20(27)25(12-15-8-10-22-11-9-15)13-17(26)16-6-4-3-5-7-16/h3-11,17,26H,12-13H2,1-2H3. The van der Waals surface area contributed by atoms with Crippen molar-refractivity contribution in [3.63, 3.8) is 0 Å². The highest BCUT2D eigenvalue weighted by Crippen LogP contribution is 2.23. The minimum atomic E-state index is -0.819. The number of nitrogens with zero attached hydrogens (tertiary/aromatic N) is 4. The number of aromatic nitrogens is 3. The molecular formula is C20H21ClN4O2. The number of benzene rings is 1. The van der Waals surface area contributed by atoms with Crippen LogP contribution in [0.25, 0.3) is 0 Å². The Hall–Kier alpha value is -2.70. The van der Waals surface area contributed by atoms with Crippen molar-refractivity contribution in [3.05, 3.63) is 82.4 Å². The number of amides is 1. The van der Waals surface area contributed by atoms with Crippen LogP contribution in [0.3, 0.4) is 0 Å². The van der Waals surface area contributed by atoms with E-state index in [0.717, 1.165) is 11.1 Å². The molecule has 0 spiro atoms. The minimum Gasteiger partial charge on any atom is -0.387 e. The van der Waals surface area contributed by atoms with Crippen LogP contribution >= 0.6 is 11.6 Å². The number of aryl methyl sites for hydroxylation is 1. The number of pyridine rings is 1. The Morgan fingerprint density at radius 3 is 2.48 bits per heavy atom. The molecule has 27 heavy (non-hydrogen) atoms. The van der Waals surface area contributed by atoms with Crippen LogP contribution in [0.5, 0.6) is 0 Å². The molecule has 7 heteroatoms. The van der Waals surface area contributed by atoms with E-state index in [0.29, 0.717) is 17.3 Å². The summed E-state index contributed by atoms with van der Waals surface area (Å²) in [5.74, 6) is -0.324. The van der Waals surface area contributed by atoms with Gasteiger partial charge >= 0.3 is 0 Å². The SMILES string of the molecule is Cc1c(Cl)c(C(=O)N(Cc2ccncc2)CC(O)c2ccccc2)nn1C. The number of hydrogen-bond acceptors (Lipinski definition) is 4. The highest BCUT2D eigenvalue weighted by Gasteiger charge is 2.26. The van der Waals surface area contributed by atoms with E-state index in [-0.39, 0.29) is 18.1 Å². The van der Waals surface area contributed by atoms with Crippen LogP contribution in [0.15, 0.2) is 54.9 Å². The zero-order valence-corrected chi connectivity index (χ0v) is 16.0. The Labute approximate surface area is 163 Å². The van der Waals surface area contributed by atoms with Crippen LogP contribution in [-0.2, 0) is 13.6 Å². The van der Waals surface area contributed by atoms with Gasteiger partial charge in [0.15, 0.2) is 5.69 Å². The first kappa shape index (κ1) is 19.1. The third kappa shape index (κ3) is 4.35. The lowest BCUT2D eigenvalue weighted by Gasteiger charge is -2.25. The van der Waals surface area contributed by atoms with Gasteiger partial charge in [-0.25, -0.2) is 0 Å². The molecule has 1 amide bonds. The normalized spacial score (nSPS) is 12.0. The van der Waals surface area contributed by atoms with Crippen LogP contribution in [0, 0.1) is 6.92 Å². The maximum absolute atomic E-state index is 13.1. The Bertz CT molecular complexity index is 912. The summed E-state index contributed by atoms with van der Waals surface area (Å²) in [6.45, 7) is 2.24. The third-order valence-electron chi connectivity index (χ3n) is 4.45. The van der Waals surface area contributed by atoms with Gasteiger partial charge in [0, 0.05) is 26.0 Å². The summed E-state index contributed by atoms with van der Waals surface area (Å²) in [6.07, 6.45) is 2.52. The molecule has 0 saturated carbocycles. The smallest absolute Gasteiger partial charge is 0.276 e. The minimum absolute atomic E-state index is 0.122. The van der Waals surface area contributed by atoms with E-state index >= 15 is 0 Å². The molecule has 3 rings (SSSR count). The lowest BCUT2D eigenvalue weighted by Crippen LogP contribution is -2.35. The van der Waals surface area contributed by atoms with Crippen molar-refractivity contribution in [3.8, 4) is 0 Å². The van der Waals surface area contributed by atoms with Gasteiger partial charge in [0.25, 0.3) is 5.91 Å². The zero-order valence-electron chi connectivity index (χ0n) is 15.2. The van der Waals surface area contributed by atoms with E-state index in [1.165, 1.54) is 0 Å². The number of halogens is 1. The number of rotatable bonds is 6. The maximum atomic E-state index is 13.1. The monoisotopic (exact) mass is 384 g/mol. The first-order chi connectivity index (χ1) is 13.0. The lowest BCUT2D eigenvalue weighted by atomic mass is 10.1. The van der Waals surface area contributed by atoms with Gasteiger partial charge in [-0.05, 0) is 30.2 Å². The summed E-state index contributed by atoms with van der Waals surface area (Å²) in [5, 5.41) is 15.2. The molecule has 0 aliphatic rings. The molecule has 1 aromatic carbocycles. The molecule has 1 unspecified atom stereocenters. The van der Waals surface area contributed by atoms with Crippen molar-refractivity contribution < 1.29 is 9.90 Å². The van der Waals surface area contributed by atoms with Gasteiger partial charge in [-0.2, -0.15) is 5.10 Å². The van der Waals surface area contributed by atoms with Gasteiger partial charge in [-0.1, -0.05) is 41.9 Å². The van der Waals surface area contributed by atoms with Crippen molar-refractivity contribution in [1.29, 1.82) is 0 Å². The average Bonchev–Trinajstić information content (AvgIpc) is 2.95. The van der Waals surface area contributed by atoms with Gasteiger partial charge < -0.3 is 10.0 Å². The highest BCUT2D eigenvalue weighted by atomic mass is 35.5. The number of aliphatic hydroxyl groups excluding tert-OH is 1. The quantitative estimate of drug-likeness (QED) is 0.708. The van der Waals surface area contributed by atoms with E-state index < -0.39 is 6.10 Å². The van der Waals surface area contributed by atoms with Crippen LogP contribution < -0.4 is 0 Å². The third-order valence-corrected chi connectivity index (χ3v) is 4.90. The van der Waals surface area contributed by atoms with E-state index in [1.807, 2.05) is 42.5 Å². The second-order valence-electron chi connectivity index (χ2n) is 6.34. The lowest BCUT2D eigenvalue weighted by molar-refractivity contribution is 0.0597. The van der Waals surface area contributed by atoms with Gasteiger partial charge in [0.2, 0.25) is 0 Å². The van der Waals surface area contributed by atoms with Gasteiger partial charge in [0.1, 0.15) is 0 Å². The van der Waals surface area contributed by atoms with E-state index in [2.05, 4.69) is 10.1 Å². The molecule has 0 bridgehead atoms. The van der Waals surface area contributed by atoms with Gasteiger partial charge in [0.05, 0.1) is 23.4 Å². The Morgan fingerprint density at radius 2 is 1.89 bits per heavy atom. The fraction of sp³-hybridized carbons (Fsp3) is 0.250. The molecule has 0 fully saturated rings. The Kier molecular flexibility index (Phi) is 5.88. The summed E-state index contributed by atoms with van der Waals surface area (Å²) in [4.78, 5) is 18.7. The number of hydrogen-bond donors (Lipinski definition) is 1. The van der Waals surface area contributed by atoms with Crippen molar-refractivity contribution in [2.45, 2.75) is 19.6 Å². The Morgan fingerprint density at radius 1 is 1.22 bits per heavy atom.